The van der Waals surface area contributed by atoms with Gasteiger partial charge in [-0.2, -0.15) is 0 Å². The molecule has 9 heteroatoms. The molecule has 34 heavy (non-hydrogen) atoms. The molecule has 5 rings (SSSR count). The fourth-order valence-electron chi connectivity index (χ4n) is 3.89. The highest BCUT2D eigenvalue weighted by Gasteiger charge is 2.19. The lowest BCUT2D eigenvalue weighted by Gasteiger charge is -2.20. The highest BCUT2D eigenvalue weighted by molar-refractivity contribution is 7.15. The van der Waals surface area contributed by atoms with E-state index in [4.69, 9.17) is 0 Å². The van der Waals surface area contributed by atoms with E-state index in [9.17, 15) is 9.59 Å². The van der Waals surface area contributed by atoms with Crippen molar-refractivity contribution in [1.82, 2.24) is 25.2 Å². The summed E-state index contributed by atoms with van der Waals surface area (Å²) in [6.07, 6.45) is 4.22. The Morgan fingerprint density at radius 3 is 2.76 bits per heavy atom. The monoisotopic (exact) mass is 472 g/mol. The van der Waals surface area contributed by atoms with Crippen LogP contribution in [0.2, 0.25) is 0 Å². The van der Waals surface area contributed by atoms with Gasteiger partial charge in [-0.3, -0.25) is 14.9 Å². The number of hydrogen-bond donors (Lipinski definition) is 3. The van der Waals surface area contributed by atoms with Crippen LogP contribution < -0.4 is 10.6 Å². The summed E-state index contributed by atoms with van der Waals surface area (Å²) in [4.78, 5) is 40.6. The Kier molecular flexibility index (Phi) is 6.20. The van der Waals surface area contributed by atoms with E-state index in [-0.39, 0.29) is 11.8 Å². The van der Waals surface area contributed by atoms with Crippen molar-refractivity contribution >= 4 is 28.3 Å². The van der Waals surface area contributed by atoms with Gasteiger partial charge in [0.15, 0.2) is 5.13 Å². The number of fused-ring (bicyclic) bond motifs is 1. The van der Waals surface area contributed by atoms with E-state index in [1.165, 1.54) is 16.2 Å². The lowest BCUT2D eigenvalue weighted by molar-refractivity contribution is 0.0950. The molecule has 0 unspecified atom stereocenters. The van der Waals surface area contributed by atoms with Crippen molar-refractivity contribution in [2.45, 2.75) is 19.5 Å². The van der Waals surface area contributed by atoms with Crippen LogP contribution in [0.3, 0.4) is 0 Å². The minimum Gasteiger partial charge on any atom is -0.348 e. The van der Waals surface area contributed by atoms with E-state index in [1.807, 2.05) is 30.3 Å². The average molecular weight is 473 g/mol. The predicted molar refractivity (Wildman–Crippen MR) is 132 cm³/mol. The number of carbonyl (C=O) groups is 2. The molecular formula is C25H24N6O2S. The molecule has 172 valence electrons. The molecule has 0 aliphatic carbocycles. The topological polar surface area (TPSA) is 103 Å². The molecule has 0 fully saturated rings. The third-order valence-electron chi connectivity index (χ3n) is 5.72. The SMILES string of the molecule is CN1CCc2nc(NC(=O)c3cccc(CNC(=O)c4cccc(-c5cnc[nH]5)c4)c3)sc2C1. The van der Waals surface area contributed by atoms with Gasteiger partial charge < -0.3 is 15.2 Å². The molecule has 0 bridgehead atoms. The molecule has 1 aliphatic rings. The Bertz CT molecular complexity index is 1330. The smallest absolute Gasteiger partial charge is 0.257 e. The van der Waals surface area contributed by atoms with Crippen LogP contribution in [0.4, 0.5) is 5.13 Å². The van der Waals surface area contributed by atoms with Crippen LogP contribution in [0.25, 0.3) is 11.3 Å². The maximum absolute atomic E-state index is 12.8. The summed E-state index contributed by atoms with van der Waals surface area (Å²) in [5, 5.41) is 6.48. The van der Waals surface area contributed by atoms with Crippen LogP contribution in [0.1, 0.15) is 36.9 Å². The molecular weight excluding hydrogens is 448 g/mol. The lowest BCUT2D eigenvalue weighted by atomic mass is 10.1. The van der Waals surface area contributed by atoms with Crippen LogP contribution in [0.5, 0.6) is 0 Å². The molecule has 0 saturated carbocycles. The maximum Gasteiger partial charge on any atom is 0.257 e. The fourth-order valence-corrected chi connectivity index (χ4v) is 4.98. The zero-order valence-corrected chi connectivity index (χ0v) is 19.5. The van der Waals surface area contributed by atoms with Gasteiger partial charge in [-0.1, -0.05) is 24.3 Å². The molecule has 2 aromatic heterocycles. The van der Waals surface area contributed by atoms with E-state index in [2.05, 4.69) is 37.5 Å². The summed E-state index contributed by atoms with van der Waals surface area (Å²) in [6.45, 7) is 2.15. The van der Waals surface area contributed by atoms with Crippen LogP contribution in [-0.2, 0) is 19.5 Å². The number of H-pyrrole nitrogens is 1. The molecule has 3 heterocycles. The highest BCUT2D eigenvalue weighted by atomic mass is 32.1. The molecule has 3 N–H and O–H groups in total. The van der Waals surface area contributed by atoms with Gasteiger partial charge in [0.1, 0.15) is 0 Å². The Labute approximate surface area is 201 Å². The first-order valence-electron chi connectivity index (χ1n) is 11.0. The second-order valence-corrected chi connectivity index (χ2v) is 9.34. The van der Waals surface area contributed by atoms with E-state index >= 15 is 0 Å². The van der Waals surface area contributed by atoms with Crippen LogP contribution >= 0.6 is 11.3 Å². The number of likely N-dealkylation sites (N-methyl/N-ethyl adjacent to an activating group) is 1. The molecule has 0 atom stereocenters. The highest BCUT2D eigenvalue weighted by Crippen LogP contribution is 2.28. The van der Waals surface area contributed by atoms with Gasteiger partial charge in [0.05, 0.1) is 23.9 Å². The Hall–Kier alpha value is -3.82. The number of hydrogen-bond acceptors (Lipinski definition) is 6. The standard InChI is InChI=1S/C25H24N6O2S/c1-31-9-8-20-22(14-31)34-25(29-20)30-24(33)18-6-2-4-16(10-18)12-27-23(32)19-7-3-5-17(11-19)21-13-26-15-28-21/h2-7,10-11,13,15H,8-9,12,14H2,1H3,(H,26,28)(H,27,32)(H,29,30,33). The number of benzene rings is 2. The van der Waals surface area contributed by atoms with Gasteiger partial charge in [-0.05, 0) is 36.9 Å². The van der Waals surface area contributed by atoms with Crippen molar-refractivity contribution in [2.75, 3.05) is 18.9 Å². The molecule has 0 saturated heterocycles. The zero-order chi connectivity index (χ0) is 23.5. The van der Waals surface area contributed by atoms with Crippen molar-refractivity contribution in [3.63, 3.8) is 0 Å². The number of nitrogens with one attached hydrogen (secondary N) is 3. The summed E-state index contributed by atoms with van der Waals surface area (Å²) in [5.74, 6) is -0.394. The number of aromatic amines is 1. The molecule has 2 amide bonds. The largest absolute Gasteiger partial charge is 0.348 e. The quantitative estimate of drug-likeness (QED) is 0.397. The van der Waals surface area contributed by atoms with E-state index in [0.29, 0.717) is 22.8 Å². The van der Waals surface area contributed by atoms with Crippen LogP contribution in [0.15, 0.2) is 61.1 Å². The number of rotatable bonds is 6. The number of imidazole rings is 1. The molecule has 2 aromatic carbocycles. The van der Waals surface area contributed by atoms with Crippen LogP contribution in [0, 0.1) is 0 Å². The number of thiazole rings is 1. The average Bonchev–Trinajstić information content (AvgIpc) is 3.52. The van der Waals surface area contributed by atoms with Crippen molar-refractivity contribution in [2.24, 2.45) is 0 Å². The van der Waals surface area contributed by atoms with E-state index in [1.54, 1.807) is 30.7 Å². The Balaban J connectivity index is 1.22. The molecule has 4 aromatic rings. The van der Waals surface area contributed by atoms with Gasteiger partial charge >= 0.3 is 0 Å². The third kappa shape index (κ3) is 4.90. The molecule has 8 nitrogen and oxygen atoms in total. The van der Waals surface area contributed by atoms with Gasteiger partial charge in [0.25, 0.3) is 11.8 Å². The molecule has 0 radical (unpaired) electrons. The van der Waals surface area contributed by atoms with Gasteiger partial charge in [-0.25, -0.2) is 9.97 Å². The normalized spacial score (nSPS) is 13.3. The van der Waals surface area contributed by atoms with Crippen molar-refractivity contribution in [3.8, 4) is 11.3 Å². The maximum atomic E-state index is 12.8. The van der Waals surface area contributed by atoms with Gasteiger partial charge in [-0.15, -0.1) is 11.3 Å². The summed E-state index contributed by atoms with van der Waals surface area (Å²) < 4.78 is 0. The first-order chi connectivity index (χ1) is 16.5. The molecule has 0 spiro atoms. The third-order valence-corrected chi connectivity index (χ3v) is 6.72. The predicted octanol–water partition coefficient (Wildman–Crippen LogP) is 3.70. The number of nitrogens with zero attached hydrogens (tertiary/aromatic N) is 3. The minimum absolute atomic E-state index is 0.186. The van der Waals surface area contributed by atoms with Crippen molar-refractivity contribution in [3.05, 3.63) is 88.3 Å². The number of anilines is 1. The first kappa shape index (κ1) is 22.0. The summed E-state index contributed by atoms with van der Waals surface area (Å²) in [6, 6.07) is 14.6. The zero-order valence-electron chi connectivity index (χ0n) is 18.7. The van der Waals surface area contributed by atoms with Crippen molar-refractivity contribution < 1.29 is 9.59 Å². The minimum atomic E-state index is -0.208. The number of aromatic nitrogens is 3. The second kappa shape index (κ2) is 9.58. The fraction of sp³-hybridized carbons (Fsp3) is 0.200. The van der Waals surface area contributed by atoms with E-state index < -0.39 is 0 Å². The Morgan fingerprint density at radius 2 is 1.94 bits per heavy atom. The van der Waals surface area contributed by atoms with Crippen molar-refractivity contribution in [1.29, 1.82) is 0 Å². The van der Waals surface area contributed by atoms with Gasteiger partial charge in [0.2, 0.25) is 0 Å². The van der Waals surface area contributed by atoms with Crippen LogP contribution in [-0.4, -0.2) is 45.3 Å². The lowest BCUT2D eigenvalue weighted by Crippen LogP contribution is -2.25. The second-order valence-electron chi connectivity index (χ2n) is 8.26. The summed E-state index contributed by atoms with van der Waals surface area (Å²) in [5.41, 5.74) is 4.73. The molecule has 1 aliphatic heterocycles. The number of amides is 2. The number of carbonyl (C=O) groups excluding carboxylic acids is 2. The Morgan fingerprint density at radius 1 is 1.12 bits per heavy atom. The van der Waals surface area contributed by atoms with E-state index in [0.717, 1.165) is 42.0 Å². The first-order valence-corrected chi connectivity index (χ1v) is 11.8. The van der Waals surface area contributed by atoms with Gasteiger partial charge in [0, 0.05) is 47.6 Å². The summed E-state index contributed by atoms with van der Waals surface area (Å²) in [7, 11) is 2.08. The summed E-state index contributed by atoms with van der Waals surface area (Å²) >= 11 is 1.53.